The van der Waals surface area contributed by atoms with Crippen molar-refractivity contribution in [3.63, 3.8) is 0 Å². The summed E-state index contributed by atoms with van der Waals surface area (Å²) in [4.78, 5) is 32.7. The molecule has 0 aliphatic heterocycles. The zero-order valence-corrected chi connectivity index (χ0v) is 12.4. The number of ketones is 2. The van der Waals surface area contributed by atoms with Gasteiger partial charge in [0.15, 0.2) is 11.6 Å². The van der Waals surface area contributed by atoms with Gasteiger partial charge in [0, 0.05) is 12.5 Å². The summed E-state index contributed by atoms with van der Waals surface area (Å²) in [6.07, 6.45) is 2.39. The van der Waals surface area contributed by atoms with Gasteiger partial charge in [0.25, 0.3) is 5.97 Å². The molecule has 1 aromatic carbocycles. The lowest BCUT2D eigenvalue weighted by molar-refractivity contribution is -0.134. The molecule has 1 aromatic rings. The van der Waals surface area contributed by atoms with Crippen LogP contribution in [0.4, 0.5) is 0 Å². The third-order valence-corrected chi connectivity index (χ3v) is 2.79. The fourth-order valence-electron chi connectivity index (χ4n) is 2.00. The molecule has 0 heterocycles. The predicted molar refractivity (Wildman–Crippen MR) is 76.6 cm³/mol. The number of fused-ring (bicyclic) bond motifs is 1. The second-order valence-corrected chi connectivity index (χ2v) is 4.26. The monoisotopic (exact) mass is 308 g/mol. The Morgan fingerprint density at radius 3 is 2.00 bits per heavy atom. The molecule has 0 unspecified atom stereocenters. The van der Waals surface area contributed by atoms with Gasteiger partial charge in [0.1, 0.15) is 11.5 Å². The molecule has 2 rings (SSSR count). The third-order valence-electron chi connectivity index (χ3n) is 2.79. The lowest BCUT2D eigenvalue weighted by Crippen LogP contribution is -2.16. The first-order chi connectivity index (χ1) is 10.4. The number of carbonyl (C=O) groups is 3. The highest BCUT2D eigenvalue weighted by Gasteiger charge is 2.29. The van der Waals surface area contributed by atoms with Crippen LogP contribution in [0.25, 0.3) is 0 Å². The average molecular weight is 308 g/mol. The lowest BCUT2D eigenvalue weighted by Gasteiger charge is -2.19. The molecular formula is C15H16O7. The number of aliphatic carboxylic acids is 1. The Hall–Kier alpha value is -2.67. The Balaban J connectivity index is 0.000000541. The van der Waals surface area contributed by atoms with Crippen LogP contribution in [0.15, 0.2) is 18.2 Å². The van der Waals surface area contributed by atoms with Crippen molar-refractivity contribution in [1.82, 2.24) is 0 Å². The number of aliphatic hydroxyl groups is 1. The Morgan fingerprint density at radius 1 is 1.09 bits per heavy atom. The summed E-state index contributed by atoms with van der Waals surface area (Å²) in [5.41, 5.74) is 0.733. The van der Waals surface area contributed by atoms with E-state index in [4.69, 9.17) is 19.4 Å². The molecule has 1 aliphatic rings. The maximum Gasteiger partial charge on any atom is 0.300 e. The van der Waals surface area contributed by atoms with Gasteiger partial charge in [-0.2, -0.15) is 0 Å². The maximum absolute atomic E-state index is 11.9. The smallest absolute Gasteiger partial charge is 0.300 e. The van der Waals surface area contributed by atoms with E-state index in [1.807, 2.05) is 0 Å². The largest absolute Gasteiger partial charge is 0.496 e. The topological polar surface area (TPSA) is 110 Å². The average Bonchev–Trinajstić information content (AvgIpc) is 2.48. The van der Waals surface area contributed by atoms with Crippen molar-refractivity contribution in [3.05, 3.63) is 34.9 Å². The SMILES string of the molecule is CC(=O)O.COc1cc(CO)c(OC)c2c1C(=O)C=CC2=O. The van der Waals surface area contributed by atoms with Crippen LogP contribution in [0.2, 0.25) is 0 Å². The van der Waals surface area contributed by atoms with Gasteiger partial charge >= 0.3 is 0 Å². The summed E-state index contributed by atoms with van der Waals surface area (Å²) in [5.74, 6) is -1.01. The summed E-state index contributed by atoms with van der Waals surface area (Å²) in [7, 11) is 2.79. The van der Waals surface area contributed by atoms with E-state index in [2.05, 4.69) is 0 Å². The quantitative estimate of drug-likeness (QED) is 0.863. The predicted octanol–water partition coefficient (Wildman–Crippen LogP) is 1.22. The summed E-state index contributed by atoms with van der Waals surface area (Å²) >= 11 is 0. The van der Waals surface area contributed by atoms with Crippen molar-refractivity contribution in [3.8, 4) is 11.5 Å². The second-order valence-electron chi connectivity index (χ2n) is 4.26. The van der Waals surface area contributed by atoms with Crippen LogP contribution in [-0.2, 0) is 11.4 Å². The summed E-state index contributed by atoms with van der Waals surface area (Å²) in [5, 5.41) is 16.7. The van der Waals surface area contributed by atoms with Gasteiger partial charge in [-0.3, -0.25) is 14.4 Å². The standard InChI is InChI=1S/C13H12O5.C2H4O2/c1-17-10-5-7(6-14)13(18-2)12-9(16)4-3-8(15)11(10)12;1-2(3)4/h3-5,14H,6H2,1-2H3;1H3,(H,3,4). The van der Waals surface area contributed by atoms with Crippen LogP contribution < -0.4 is 9.47 Å². The van der Waals surface area contributed by atoms with Crippen molar-refractivity contribution in [2.75, 3.05) is 14.2 Å². The molecule has 7 heteroatoms. The molecule has 0 spiro atoms. The van der Waals surface area contributed by atoms with E-state index in [1.54, 1.807) is 0 Å². The van der Waals surface area contributed by atoms with Crippen molar-refractivity contribution in [2.45, 2.75) is 13.5 Å². The Kier molecular flexibility index (Phi) is 5.82. The number of aliphatic hydroxyl groups excluding tert-OH is 1. The zero-order valence-electron chi connectivity index (χ0n) is 12.4. The first kappa shape index (κ1) is 17.4. The fourth-order valence-corrected chi connectivity index (χ4v) is 2.00. The minimum Gasteiger partial charge on any atom is -0.496 e. The number of allylic oxidation sites excluding steroid dienone is 2. The highest BCUT2D eigenvalue weighted by atomic mass is 16.5. The van der Waals surface area contributed by atoms with E-state index < -0.39 is 5.97 Å². The van der Waals surface area contributed by atoms with E-state index in [0.717, 1.165) is 6.92 Å². The van der Waals surface area contributed by atoms with Gasteiger partial charge in [-0.25, -0.2) is 0 Å². The number of rotatable bonds is 3. The molecule has 0 saturated carbocycles. The first-order valence-corrected chi connectivity index (χ1v) is 6.22. The van der Waals surface area contributed by atoms with E-state index in [-0.39, 0.29) is 40.8 Å². The van der Waals surface area contributed by atoms with E-state index >= 15 is 0 Å². The summed E-state index contributed by atoms with van der Waals surface area (Å²) in [6.45, 7) is 0.776. The molecule has 118 valence electrons. The van der Waals surface area contributed by atoms with Gasteiger partial charge in [0.2, 0.25) is 0 Å². The van der Waals surface area contributed by atoms with Gasteiger partial charge < -0.3 is 19.7 Å². The molecule has 0 aromatic heterocycles. The lowest BCUT2D eigenvalue weighted by atomic mass is 9.91. The molecule has 0 fully saturated rings. The van der Waals surface area contributed by atoms with Gasteiger partial charge in [-0.1, -0.05) is 0 Å². The van der Waals surface area contributed by atoms with Crippen LogP contribution in [0, 0.1) is 0 Å². The second kappa shape index (κ2) is 7.37. The number of carbonyl (C=O) groups excluding carboxylic acids is 2. The minimum atomic E-state index is -0.833. The molecular weight excluding hydrogens is 292 g/mol. The van der Waals surface area contributed by atoms with Crippen molar-refractivity contribution < 1.29 is 34.1 Å². The Labute approximate surface area is 126 Å². The number of hydrogen-bond acceptors (Lipinski definition) is 6. The molecule has 7 nitrogen and oxygen atoms in total. The maximum atomic E-state index is 11.9. The number of carboxylic acids is 1. The van der Waals surface area contributed by atoms with Crippen LogP contribution in [0.1, 0.15) is 33.2 Å². The molecule has 2 N–H and O–H groups in total. The molecule has 0 bridgehead atoms. The van der Waals surface area contributed by atoms with Crippen molar-refractivity contribution in [2.24, 2.45) is 0 Å². The minimum absolute atomic E-state index is 0.147. The van der Waals surface area contributed by atoms with E-state index in [9.17, 15) is 14.7 Å². The number of hydrogen-bond donors (Lipinski definition) is 2. The van der Waals surface area contributed by atoms with Gasteiger partial charge in [-0.05, 0) is 18.2 Å². The number of methoxy groups -OCH3 is 2. The van der Waals surface area contributed by atoms with Crippen molar-refractivity contribution >= 4 is 17.5 Å². The highest BCUT2D eigenvalue weighted by Crippen LogP contribution is 2.37. The normalized spacial score (nSPS) is 12.2. The molecule has 0 atom stereocenters. The van der Waals surface area contributed by atoms with E-state index in [1.165, 1.54) is 32.4 Å². The van der Waals surface area contributed by atoms with Crippen LogP contribution in [0.3, 0.4) is 0 Å². The van der Waals surface area contributed by atoms with Crippen LogP contribution >= 0.6 is 0 Å². The fraction of sp³-hybridized carbons (Fsp3) is 0.267. The Bertz CT molecular complexity index is 640. The first-order valence-electron chi connectivity index (χ1n) is 6.22. The molecule has 1 aliphatic carbocycles. The number of benzene rings is 1. The molecule has 22 heavy (non-hydrogen) atoms. The highest BCUT2D eigenvalue weighted by molar-refractivity contribution is 6.24. The van der Waals surface area contributed by atoms with Gasteiger partial charge in [0.05, 0.1) is 32.0 Å². The van der Waals surface area contributed by atoms with Gasteiger partial charge in [-0.15, -0.1) is 0 Å². The van der Waals surface area contributed by atoms with Crippen molar-refractivity contribution in [1.29, 1.82) is 0 Å². The number of ether oxygens (including phenoxy) is 2. The summed E-state index contributed by atoms with van der Waals surface area (Å²) in [6, 6.07) is 1.50. The summed E-state index contributed by atoms with van der Waals surface area (Å²) < 4.78 is 10.2. The third kappa shape index (κ3) is 3.50. The van der Waals surface area contributed by atoms with E-state index in [0.29, 0.717) is 5.56 Å². The van der Waals surface area contributed by atoms with Crippen LogP contribution in [-0.4, -0.2) is 42.0 Å². The molecule has 0 saturated heterocycles. The Morgan fingerprint density at radius 2 is 1.59 bits per heavy atom. The van der Waals surface area contributed by atoms with Crippen LogP contribution in [0.5, 0.6) is 11.5 Å². The number of carboxylic acid groups (broad SMARTS) is 1. The molecule has 0 amide bonds. The molecule has 0 radical (unpaired) electrons. The zero-order chi connectivity index (χ0) is 16.9.